The van der Waals surface area contributed by atoms with Crippen molar-refractivity contribution in [3.8, 4) is 11.6 Å². The molecular weight excluding hydrogens is 406 g/mol. The van der Waals surface area contributed by atoms with Gasteiger partial charge < -0.3 is 14.8 Å². The summed E-state index contributed by atoms with van der Waals surface area (Å²) in [5, 5.41) is 7.81. The molecule has 0 unspecified atom stereocenters. The first-order valence-corrected chi connectivity index (χ1v) is 10.8. The zero-order valence-electron chi connectivity index (χ0n) is 18.2. The van der Waals surface area contributed by atoms with Gasteiger partial charge >= 0.3 is 0 Å². The van der Waals surface area contributed by atoms with Crippen molar-refractivity contribution in [2.75, 3.05) is 38.2 Å². The second kappa shape index (κ2) is 8.37. The number of imidazole rings is 1. The van der Waals surface area contributed by atoms with Crippen molar-refractivity contribution in [1.29, 1.82) is 0 Å². The first-order chi connectivity index (χ1) is 15.5. The lowest BCUT2D eigenvalue weighted by Gasteiger charge is -2.37. The highest BCUT2D eigenvalue weighted by Gasteiger charge is 2.44. The number of carbonyl (C=O) groups excluding carboxylic acids is 1. The van der Waals surface area contributed by atoms with Crippen LogP contribution >= 0.6 is 0 Å². The Morgan fingerprint density at radius 2 is 2.19 bits per heavy atom. The van der Waals surface area contributed by atoms with Crippen LogP contribution in [0.5, 0.6) is 11.6 Å². The van der Waals surface area contributed by atoms with Gasteiger partial charge in [0.15, 0.2) is 11.5 Å². The predicted octanol–water partition coefficient (Wildman–Crippen LogP) is 3.30. The van der Waals surface area contributed by atoms with Crippen LogP contribution in [0, 0.1) is 5.41 Å². The topological polar surface area (TPSA) is 81.0 Å². The molecule has 0 radical (unpaired) electrons. The van der Waals surface area contributed by atoms with Crippen LogP contribution in [0.3, 0.4) is 0 Å². The van der Waals surface area contributed by atoms with E-state index in [0.29, 0.717) is 34.9 Å². The maximum atomic E-state index is 11.4. The van der Waals surface area contributed by atoms with Crippen LogP contribution in [-0.2, 0) is 16.0 Å². The Hall–Kier alpha value is -3.23. The molecule has 4 heterocycles. The number of ether oxygens (including phenoxy) is 2. The van der Waals surface area contributed by atoms with Crippen LogP contribution in [0.2, 0.25) is 0 Å². The number of hydrogen-bond donors (Lipinski definition) is 1. The van der Waals surface area contributed by atoms with E-state index in [-0.39, 0.29) is 5.78 Å². The summed E-state index contributed by atoms with van der Waals surface area (Å²) in [5.74, 6) is 1.90. The van der Waals surface area contributed by atoms with E-state index in [9.17, 15) is 4.79 Å². The Morgan fingerprint density at radius 1 is 1.31 bits per heavy atom. The fourth-order valence-corrected chi connectivity index (χ4v) is 4.39. The minimum absolute atomic E-state index is 0.114. The molecule has 166 valence electrons. The Morgan fingerprint density at radius 3 is 2.94 bits per heavy atom. The van der Waals surface area contributed by atoms with Crippen LogP contribution in [0.4, 0.5) is 5.82 Å². The van der Waals surface area contributed by atoms with Crippen LogP contribution < -0.4 is 10.1 Å². The minimum Gasteiger partial charge on any atom is -0.438 e. The number of likely N-dealkylation sites (tertiary alicyclic amines) is 1. The monoisotopic (exact) mass is 433 g/mol. The predicted molar refractivity (Wildman–Crippen MR) is 121 cm³/mol. The normalized spacial score (nSPS) is 17.4. The summed E-state index contributed by atoms with van der Waals surface area (Å²) < 4.78 is 13.0. The van der Waals surface area contributed by atoms with Crippen molar-refractivity contribution in [3.63, 3.8) is 0 Å². The minimum atomic E-state index is 0.114. The summed E-state index contributed by atoms with van der Waals surface area (Å²) in [5.41, 5.74) is 2.90. The number of carbonyl (C=O) groups is 1. The number of fused-ring (bicyclic) bond motifs is 1. The van der Waals surface area contributed by atoms with Gasteiger partial charge in [-0.05, 0) is 43.7 Å². The number of hydrogen-bond acceptors (Lipinski definition) is 7. The molecule has 2 aliphatic rings. The van der Waals surface area contributed by atoms with E-state index >= 15 is 0 Å². The van der Waals surface area contributed by atoms with Crippen molar-refractivity contribution >= 4 is 17.2 Å². The summed E-state index contributed by atoms with van der Waals surface area (Å²) >= 11 is 0. The van der Waals surface area contributed by atoms with Gasteiger partial charge in [0.1, 0.15) is 11.5 Å². The van der Waals surface area contributed by atoms with E-state index < -0.39 is 0 Å². The molecule has 3 aromatic rings. The van der Waals surface area contributed by atoms with Gasteiger partial charge in [-0.2, -0.15) is 0 Å². The number of nitrogens with one attached hydrogen (secondary N) is 1. The highest BCUT2D eigenvalue weighted by Crippen LogP contribution is 2.37. The lowest BCUT2D eigenvalue weighted by molar-refractivity contribution is -0.116. The number of ketones is 1. The van der Waals surface area contributed by atoms with Gasteiger partial charge in [0.05, 0.1) is 19.4 Å². The Balaban J connectivity index is 1.22. The molecule has 0 aliphatic carbocycles. The van der Waals surface area contributed by atoms with E-state index in [1.54, 1.807) is 17.5 Å². The average Bonchev–Trinajstić information content (AvgIpc) is 3.31. The van der Waals surface area contributed by atoms with Crippen molar-refractivity contribution < 1.29 is 14.3 Å². The van der Waals surface area contributed by atoms with Crippen LogP contribution in [0.25, 0.3) is 5.65 Å². The molecule has 2 fully saturated rings. The molecule has 0 amide bonds. The SMILES string of the molecule is C=C(CN1CCC2(COC2)C1)Nc1cn2nc(Oc3cccc(CC(C)=O)c3)ccc2n1. The summed E-state index contributed by atoms with van der Waals surface area (Å²) in [4.78, 5) is 18.4. The number of rotatable bonds is 8. The average molecular weight is 434 g/mol. The fourth-order valence-electron chi connectivity index (χ4n) is 4.39. The maximum Gasteiger partial charge on any atom is 0.237 e. The van der Waals surface area contributed by atoms with Crippen molar-refractivity contribution in [2.24, 2.45) is 5.41 Å². The zero-order chi connectivity index (χ0) is 22.1. The molecule has 8 heteroatoms. The molecule has 0 saturated carbocycles. The molecule has 1 spiro atoms. The summed E-state index contributed by atoms with van der Waals surface area (Å²) in [6.45, 7) is 10.4. The largest absolute Gasteiger partial charge is 0.438 e. The van der Waals surface area contributed by atoms with Gasteiger partial charge in [-0.1, -0.05) is 18.7 Å². The Kier molecular flexibility index (Phi) is 5.40. The smallest absolute Gasteiger partial charge is 0.237 e. The number of benzene rings is 1. The lowest BCUT2D eigenvalue weighted by Crippen LogP contribution is -2.44. The second-order valence-electron chi connectivity index (χ2n) is 8.91. The van der Waals surface area contributed by atoms with Gasteiger partial charge in [-0.3, -0.25) is 9.69 Å². The van der Waals surface area contributed by atoms with E-state index in [1.165, 1.54) is 6.42 Å². The molecule has 0 atom stereocenters. The third-order valence-corrected chi connectivity index (χ3v) is 5.92. The molecule has 1 N–H and O–H groups in total. The van der Waals surface area contributed by atoms with Gasteiger partial charge in [0.2, 0.25) is 5.88 Å². The highest BCUT2D eigenvalue weighted by molar-refractivity contribution is 5.78. The van der Waals surface area contributed by atoms with E-state index in [0.717, 1.165) is 44.1 Å². The first kappa shape index (κ1) is 20.7. The van der Waals surface area contributed by atoms with E-state index in [4.69, 9.17) is 9.47 Å². The molecule has 32 heavy (non-hydrogen) atoms. The van der Waals surface area contributed by atoms with Gasteiger partial charge in [0, 0.05) is 36.7 Å². The van der Waals surface area contributed by atoms with Crippen molar-refractivity contribution in [1.82, 2.24) is 19.5 Å². The van der Waals surface area contributed by atoms with Crippen LogP contribution in [-0.4, -0.2) is 58.1 Å². The fraction of sp³-hybridized carbons (Fsp3) is 0.375. The molecule has 2 aromatic heterocycles. The third-order valence-electron chi connectivity index (χ3n) is 5.92. The molecule has 2 aliphatic heterocycles. The molecule has 0 bridgehead atoms. The van der Waals surface area contributed by atoms with Crippen LogP contribution in [0.1, 0.15) is 18.9 Å². The second-order valence-corrected chi connectivity index (χ2v) is 8.91. The number of anilines is 1. The van der Waals surface area contributed by atoms with Crippen LogP contribution in [0.15, 0.2) is 54.9 Å². The first-order valence-electron chi connectivity index (χ1n) is 10.8. The molecule has 1 aromatic carbocycles. The van der Waals surface area contributed by atoms with Gasteiger partial charge in [-0.15, -0.1) is 5.10 Å². The number of aromatic nitrogens is 3. The maximum absolute atomic E-state index is 11.4. The lowest BCUT2D eigenvalue weighted by atomic mass is 9.85. The van der Waals surface area contributed by atoms with Crippen molar-refractivity contribution in [2.45, 2.75) is 19.8 Å². The standard InChI is InChI=1S/C24H27N5O3/c1-17(12-28-9-8-24(14-28)15-31-16-24)25-21-13-29-22(26-21)6-7-23(27-29)32-20-5-3-4-19(11-20)10-18(2)30/h3-7,11,13,25H,1,8-10,12,14-16H2,2H3. The Labute approximate surface area is 186 Å². The number of Topliss-reactive ketones (excluding diaryl/α,β-unsaturated/α-hetero) is 1. The number of nitrogens with zero attached hydrogens (tertiary/aromatic N) is 4. The molecule has 2 saturated heterocycles. The Bertz CT molecular complexity index is 1170. The van der Waals surface area contributed by atoms with Gasteiger partial charge in [0.25, 0.3) is 0 Å². The van der Waals surface area contributed by atoms with Crippen molar-refractivity contribution in [3.05, 3.63) is 60.4 Å². The molecular formula is C24H27N5O3. The zero-order valence-corrected chi connectivity index (χ0v) is 18.2. The highest BCUT2D eigenvalue weighted by atomic mass is 16.5. The summed E-state index contributed by atoms with van der Waals surface area (Å²) in [6.07, 6.45) is 3.40. The van der Waals surface area contributed by atoms with E-state index in [1.807, 2.05) is 36.5 Å². The molecule has 5 rings (SSSR count). The summed E-state index contributed by atoms with van der Waals surface area (Å²) in [7, 11) is 0. The third kappa shape index (κ3) is 4.51. The summed E-state index contributed by atoms with van der Waals surface area (Å²) in [6, 6.07) is 11.1. The quantitative estimate of drug-likeness (QED) is 0.584. The van der Waals surface area contributed by atoms with Gasteiger partial charge in [-0.25, -0.2) is 9.50 Å². The molecule has 8 nitrogen and oxygen atoms in total. The van der Waals surface area contributed by atoms with E-state index in [2.05, 4.69) is 26.9 Å².